The monoisotopic (exact) mass is 170 g/mol. The third kappa shape index (κ3) is 1.66. The summed E-state index contributed by atoms with van der Waals surface area (Å²) in [5.41, 5.74) is 0. The highest BCUT2D eigenvalue weighted by atomic mass is 79.9. The van der Waals surface area contributed by atoms with Gasteiger partial charge in [-0.1, -0.05) is 40.2 Å². The van der Waals surface area contributed by atoms with Crippen molar-refractivity contribution in [3.63, 3.8) is 0 Å². The topological polar surface area (TPSA) is 0 Å². The molecule has 1 aliphatic carbocycles. The molecule has 1 rings (SSSR count). The van der Waals surface area contributed by atoms with E-state index >= 15 is 0 Å². The van der Waals surface area contributed by atoms with E-state index in [2.05, 4.69) is 34.2 Å². The summed E-state index contributed by atoms with van der Waals surface area (Å²) in [4.78, 5) is 0. The van der Waals surface area contributed by atoms with Crippen LogP contribution >= 0.6 is 15.9 Å². The van der Waals surface area contributed by atoms with Crippen LogP contribution in [0.3, 0.4) is 0 Å². The van der Waals surface area contributed by atoms with Gasteiger partial charge in [0.1, 0.15) is 0 Å². The molecule has 0 aromatic heterocycles. The van der Waals surface area contributed by atoms with Crippen molar-refractivity contribution in [1.29, 1.82) is 0 Å². The molecule has 1 aliphatic rings. The Kier molecular flexibility index (Phi) is 2.10. The predicted octanol–water partition coefficient (Wildman–Crippen LogP) is 2.78. The molecule has 1 heteroatoms. The second-order valence-electron chi connectivity index (χ2n) is 1.62. The first-order valence-corrected chi connectivity index (χ1v) is 3.38. The summed E-state index contributed by atoms with van der Waals surface area (Å²) in [5.74, 6) is 0. The average molecular weight is 171 g/mol. The lowest BCUT2D eigenvalue weighted by Crippen LogP contribution is -1.54. The van der Waals surface area contributed by atoms with Crippen molar-refractivity contribution in [2.45, 2.75) is 6.42 Å². The molecule has 8 heavy (non-hydrogen) atoms. The Morgan fingerprint density at radius 2 is 2.25 bits per heavy atom. The van der Waals surface area contributed by atoms with Gasteiger partial charge in [-0.25, -0.2) is 0 Å². The van der Waals surface area contributed by atoms with Crippen LogP contribution in [0, 0.1) is 0 Å². The predicted molar refractivity (Wildman–Crippen MR) is 39.9 cm³/mol. The van der Waals surface area contributed by atoms with Crippen LogP contribution in [0.25, 0.3) is 0 Å². The summed E-state index contributed by atoms with van der Waals surface area (Å²) >= 11 is 3.36. The third-order valence-electron chi connectivity index (χ3n) is 0.941. The zero-order chi connectivity index (χ0) is 5.82. The van der Waals surface area contributed by atoms with E-state index in [0.717, 1.165) is 10.9 Å². The molecule has 0 bridgehead atoms. The molecule has 0 spiro atoms. The van der Waals surface area contributed by atoms with Crippen LogP contribution in [0.4, 0.5) is 0 Å². The lowest BCUT2D eigenvalue weighted by Gasteiger charge is -1.78. The van der Waals surface area contributed by atoms with Crippen LogP contribution < -0.4 is 0 Å². The lowest BCUT2D eigenvalue weighted by molar-refractivity contribution is 1.41. The van der Waals surface area contributed by atoms with Gasteiger partial charge >= 0.3 is 0 Å². The van der Waals surface area contributed by atoms with Crippen molar-refractivity contribution in [1.82, 2.24) is 0 Å². The Morgan fingerprint density at radius 3 is 3.12 bits per heavy atom. The molecule has 0 aromatic carbocycles. The Labute approximate surface area is 57.7 Å². The van der Waals surface area contributed by atoms with Crippen molar-refractivity contribution in [3.05, 3.63) is 34.9 Å². The third-order valence-corrected chi connectivity index (χ3v) is 1.47. The first-order chi connectivity index (χ1) is 3.89. The van der Waals surface area contributed by atoms with Crippen LogP contribution in [0.5, 0.6) is 0 Å². The number of rotatable bonds is 0. The Morgan fingerprint density at radius 1 is 1.38 bits per heavy atom. The first kappa shape index (κ1) is 5.83. The molecule has 0 unspecified atom stereocenters. The fourth-order valence-electron chi connectivity index (χ4n) is 0.553. The maximum Gasteiger partial charge on any atom is 0.0172 e. The second kappa shape index (κ2) is 2.88. The van der Waals surface area contributed by atoms with E-state index in [1.54, 1.807) is 0 Å². The van der Waals surface area contributed by atoms with Crippen molar-refractivity contribution >= 4 is 15.9 Å². The molecular formula is C7H7Br. The van der Waals surface area contributed by atoms with E-state index < -0.39 is 0 Å². The largest absolute Gasteiger partial charge is 0.0807 e. The van der Waals surface area contributed by atoms with Gasteiger partial charge in [-0.2, -0.15) is 0 Å². The van der Waals surface area contributed by atoms with Gasteiger partial charge in [0.15, 0.2) is 0 Å². The summed E-state index contributed by atoms with van der Waals surface area (Å²) < 4.78 is 1.14. The standard InChI is InChI=1S/C7H7Br/c8-7-5-3-1-2-4-6-7/h1,3-6H,2H2. The molecule has 0 atom stereocenters. The van der Waals surface area contributed by atoms with Crippen LogP contribution in [0.2, 0.25) is 0 Å². The number of halogens is 1. The van der Waals surface area contributed by atoms with Gasteiger partial charge < -0.3 is 0 Å². The van der Waals surface area contributed by atoms with Gasteiger partial charge in [-0.05, 0) is 12.5 Å². The van der Waals surface area contributed by atoms with Gasteiger partial charge in [-0.15, -0.1) is 0 Å². The first-order valence-electron chi connectivity index (χ1n) is 2.58. The fraction of sp³-hybridized carbons (Fsp3) is 0.143. The van der Waals surface area contributed by atoms with Gasteiger partial charge in [0, 0.05) is 4.48 Å². The van der Waals surface area contributed by atoms with E-state index in [9.17, 15) is 0 Å². The molecule has 0 radical (unpaired) electrons. The maximum absolute atomic E-state index is 3.36. The molecule has 0 aromatic rings. The van der Waals surface area contributed by atoms with Gasteiger partial charge in [-0.3, -0.25) is 0 Å². The highest BCUT2D eigenvalue weighted by Crippen LogP contribution is 2.09. The Hall–Kier alpha value is -0.300. The van der Waals surface area contributed by atoms with Gasteiger partial charge in [0.05, 0.1) is 0 Å². The molecule has 0 saturated heterocycles. The van der Waals surface area contributed by atoms with E-state index in [4.69, 9.17) is 0 Å². The van der Waals surface area contributed by atoms with Gasteiger partial charge in [0.25, 0.3) is 0 Å². The molecule has 42 valence electrons. The fourth-order valence-corrected chi connectivity index (χ4v) is 0.893. The molecule has 0 heterocycles. The van der Waals surface area contributed by atoms with Crippen molar-refractivity contribution in [3.8, 4) is 0 Å². The average Bonchev–Trinajstić information content (AvgIpc) is 1.94. The lowest BCUT2D eigenvalue weighted by atomic mass is 10.4. The normalized spacial score (nSPS) is 17.9. The zero-order valence-electron chi connectivity index (χ0n) is 4.47. The minimum Gasteiger partial charge on any atom is -0.0807 e. The molecule has 0 amide bonds. The van der Waals surface area contributed by atoms with E-state index in [1.165, 1.54) is 0 Å². The quantitative estimate of drug-likeness (QED) is 0.525. The molecular weight excluding hydrogens is 164 g/mol. The SMILES string of the molecule is BrC1=CC=CCC=C1. The van der Waals surface area contributed by atoms with E-state index in [0.29, 0.717) is 0 Å². The Bertz CT molecular complexity index is 152. The summed E-state index contributed by atoms with van der Waals surface area (Å²) in [5, 5.41) is 0. The Balaban J connectivity index is 2.73. The molecule has 0 saturated carbocycles. The zero-order valence-corrected chi connectivity index (χ0v) is 6.06. The molecule has 0 fully saturated rings. The number of hydrogen-bond donors (Lipinski definition) is 0. The van der Waals surface area contributed by atoms with Gasteiger partial charge in [0.2, 0.25) is 0 Å². The van der Waals surface area contributed by atoms with Crippen LogP contribution in [0.15, 0.2) is 34.9 Å². The highest BCUT2D eigenvalue weighted by molar-refractivity contribution is 9.11. The summed E-state index contributed by atoms with van der Waals surface area (Å²) in [6.45, 7) is 0. The molecule has 0 aliphatic heterocycles. The minimum atomic E-state index is 1.05. The minimum absolute atomic E-state index is 1.05. The summed E-state index contributed by atoms with van der Waals surface area (Å²) in [6, 6.07) is 0. The maximum atomic E-state index is 3.36. The van der Waals surface area contributed by atoms with Crippen molar-refractivity contribution < 1.29 is 0 Å². The van der Waals surface area contributed by atoms with Crippen molar-refractivity contribution in [2.75, 3.05) is 0 Å². The van der Waals surface area contributed by atoms with Crippen LogP contribution in [0.1, 0.15) is 6.42 Å². The van der Waals surface area contributed by atoms with E-state index in [-0.39, 0.29) is 0 Å². The van der Waals surface area contributed by atoms with Crippen LogP contribution in [-0.4, -0.2) is 0 Å². The molecule has 0 nitrogen and oxygen atoms in total. The molecule has 0 N–H and O–H groups in total. The number of hydrogen-bond acceptors (Lipinski definition) is 0. The summed E-state index contributed by atoms with van der Waals surface area (Å²) in [7, 11) is 0. The van der Waals surface area contributed by atoms with Crippen LogP contribution in [-0.2, 0) is 0 Å². The smallest absolute Gasteiger partial charge is 0.0172 e. The van der Waals surface area contributed by atoms with Crippen molar-refractivity contribution in [2.24, 2.45) is 0 Å². The highest BCUT2D eigenvalue weighted by Gasteiger charge is 1.82. The second-order valence-corrected chi connectivity index (χ2v) is 2.53. The number of allylic oxidation sites excluding steroid dienone is 6. The van der Waals surface area contributed by atoms with E-state index in [1.807, 2.05) is 12.2 Å². The summed E-state index contributed by atoms with van der Waals surface area (Å²) in [6.07, 6.45) is 11.4.